The van der Waals surface area contributed by atoms with Gasteiger partial charge in [0.25, 0.3) is 0 Å². The zero-order chi connectivity index (χ0) is 30.0. The molecule has 1 fully saturated rings. The Hall–Kier alpha value is -2.81. The molecule has 1 amide bonds. The van der Waals surface area contributed by atoms with E-state index in [0.29, 0.717) is 11.1 Å². The summed E-state index contributed by atoms with van der Waals surface area (Å²) in [5, 5.41) is 4.83. The van der Waals surface area contributed by atoms with Crippen molar-refractivity contribution in [2.24, 2.45) is 5.92 Å². The number of Topliss-reactive ketones (excluding diaryl/α,β-unsaturated/α-hetero) is 1. The molecule has 0 spiro atoms. The Morgan fingerprint density at radius 2 is 1.50 bits per heavy atom. The summed E-state index contributed by atoms with van der Waals surface area (Å²) in [7, 11) is -7.08. The second kappa shape index (κ2) is 12.0. The molecule has 0 radical (unpaired) electrons. The Balaban J connectivity index is 1.82. The molecular weight excluding hydrogens is 571 g/mol. The van der Waals surface area contributed by atoms with Crippen molar-refractivity contribution in [3.63, 3.8) is 0 Å². The zero-order valence-corrected chi connectivity index (χ0v) is 24.0. The van der Waals surface area contributed by atoms with Gasteiger partial charge in [-0.2, -0.15) is 17.5 Å². The Kier molecular flexibility index (Phi) is 9.49. The number of hydrogen-bond acceptors (Lipinski definition) is 7. The number of hydrogen-bond donors (Lipinski definition) is 2. The van der Waals surface area contributed by atoms with Crippen molar-refractivity contribution >= 4 is 31.6 Å². The van der Waals surface area contributed by atoms with E-state index in [1.807, 2.05) is 0 Å². The smallest absolute Gasteiger partial charge is 0.344 e. The SMILES string of the molecule is CC(C)C[C@H](N[C@@H](c1ccc(-c2ccc(S(C)(=O)=O)cc2)cc1)C(F)(F)F)C(=O)NC1CN(S(C)(=O)=O)CC1=O. The number of nitrogens with one attached hydrogen (secondary N) is 2. The number of carbonyl (C=O) groups is 2. The van der Waals surface area contributed by atoms with Gasteiger partial charge in [-0.15, -0.1) is 0 Å². The highest BCUT2D eigenvalue weighted by molar-refractivity contribution is 7.90. The van der Waals surface area contributed by atoms with Crippen molar-refractivity contribution in [2.45, 2.75) is 49.5 Å². The van der Waals surface area contributed by atoms with Gasteiger partial charge >= 0.3 is 6.18 Å². The van der Waals surface area contributed by atoms with Gasteiger partial charge in [-0.05, 0) is 41.2 Å². The van der Waals surface area contributed by atoms with Gasteiger partial charge in [0.1, 0.15) is 12.1 Å². The lowest BCUT2D eigenvalue weighted by Crippen LogP contribution is -2.53. The highest BCUT2D eigenvalue weighted by Crippen LogP contribution is 2.35. The maximum atomic E-state index is 14.2. The number of sulfonamides is 1. The number of halogens is 3. The van der Waals surface area contributed by atoms with E-state index in [0.717, 1.165) is 16.8 Å². The summed E-state index contributed by atoms with van der Waals surface area (Å²) in [6.45, 7) is 2.77. The van der Waals surface area contributed by atoms with Crippen LogP contribution in [0, 0.1) is 5.92 Å². The van der Waals surface area contributed by atoms with E-state index >= 15 is 0 Å². The molecule has 9 nitrogen and oxygen atoms in total. The minimum Gasteiger partial charge on any atom is -0.344 e. The van der Waals surface area contributed by atoms with E-state index in [-0.39, 0.29) is 29.3 Å². The fourth-order valence-corrected chi connectivity index (χ4v) is 5.78. The molecule has 1 aliphatic heterocycles. The van der Waals surface area contributed by atoms with Gasteiger partial charge in [-0.25, -0.2) is 16.8 Å². The van der Waals surface area contributed by atoms with Crippen molar-refractivity contribution in [1.29, 1.82) is 0 Å². The monoisotopic (exact) mass is 603 g/mol. The van der Waals surface area contributed by atoms with Crippen LogP contribution in [0.5, 0.6) is 0 Å². The van der Waals surface area contributed by atoms with Crippen LogP contribution in [-0.2, 0) is 29.4 Å². The first-order valence-corrected chi connectivity index (χ1v) is 16.1. The number of ketones is 1. The topological polar surface area (TPSA) is 130 Å². The summed E-state index contributed by atoms with van der Waals surface area (Å²) in [5.41, 5.74) is 1.03. The molecule has 0 aromatic heterocycles. The van der Waals surface area contributed by atoms with Crippen LogP contribution in [0.25, 0.3) is 11.1 Å². The molecule has 1 unspecified atom stereocenters. The molecular formula is C26H32F3N3O6S2. The number of benzene rings is 2. The van der Waals surface area contributed by atoms with E-state index in [2.05, 4.69) is 10.6 Å². The van der Waals surface area contributed by atoms with E-state index in [1.165, 1.54) is 36.4 Å². The van der Waals surface area contributed by atoms with Crippen LogP contribution in [0.1, 0.15) is 31.9 Å². The van der Waals surface area contributed by atoms with Gasteiger partial charge in [0.15, 0.2) is 15.6 Å². The second-order valence-electron chi connectivity index (χ2n) is 10.3. The molecule has 14 heteroatoms. The number of carbonyl (C=O) groups excluding carboxylic acids is 2. The number of nitrogens with zero attached hydrogens (tertiary/aromatic N) is 1. The van der Waals surface area contributed by atoms with Gasteiger partial charge < -0.3 is 5.32 Å². The lowest BCUT2D eigenvalue weighted by molar-refractivity contribution is -0.161. The minimum absolute atomic E-state index is 0.0277. The van der Waals surface area contributed by atoms with Gasteiger partial charge in [0.05, 0.1) is 23.7 Å². The fraction of sp³-hybridized carbons (Fsp3) is 0.462. The van der Waals surface area contributed by atoms with Crippen molar-refractivity contribution in [2.75, 3.05) is 25.6 Å². The highest BCUT2D eigenvalue weighted by atomic mass is 32.2. The molecule has 1 heterocycles. The van der Waals surface area contributed by atoms with Gasteiger partial charge in [-0.1, -0.05) is 50.2 Å². The Morgan fingerprint density at radius 1 is 0.975 bits per heavy atom. The largest absolute Gasteiger partial charge is 0.407 e. The minimum atomic E-state index is -4.77. The fourth-order valence-electron chi connectivity index (χ4n) is 4.37. The molecule has 0 saturated carbocycles. The van der Waals surface area contributed by atoms with Crippen LogP contribution in [0.15, 0.2) is 53.4 Å². The number of sulfone groups is 1. The molecule has 2 aromatic rings. The highest BCUT2D eigenvalue weighted by Gasteiger charge is 2.44. The third kappa shape index (κ3) is 8.12. The van der Waals surface area contributed by atoms with Crippen molar-refractivity contribution < 1.29 is 39.6 Å². The van der Waals surface area contributed by atoms with Crippen LogP contribution < -0.4 is 10.6 Å². The summed E-state index contributed by atoms with van der Waals surface area (Å²) < 4.78 is 90.5. The van der Waals surface area contributed by atoms with Crippen LogP contribution in [0.4, 0.5) is 13.2 Å². The summed E-state index contributed by atoms with van der Waals surface area (Å²) >= 11 is 0. The molecule has 40 heavy (non-hydrogen) atoms. The molecule has 3 rings (SSSR count). The average molecular weight is 604 g/mol. The quantitative estimate of drug-likeness (QED) is 0.427. The van der Waals surface area contributed by atoms with E-state index in [1.54, 1.807) is 26.0 Å². The molecule has 1 saturated heterocycles. The van der Waals surface area contributed by atoms with Crippen LogP contribution >= 0.6 is 0 Å². The van der Waals surface area contributed by atoms with E-state index < -0.39 is 62.4 Å². The number of alkyl halides is 3. The first kappa shape index (κ1) is 31.7. The maximum Gasteiger partial charge on any atom is 0.407 e. The number of rotatable bonds is 10. The lowest BCUT2D eigenvalue weighted by atomic mass is 9.97. The van der Waals surface area contributed by atoms with Crippen LogP contribution in [-0.4, -0.2) is 76.7 Å². The molecule has 0 bridgehead atoms. The predicted molar refractivity (Wildman–Crippen MR) is 144 cm³/mol. The average Bonchev–Trinajstić information content (AvgIpc) is 3.21. The maximum absolute atomic E-state index is 14.2. The Bertz CT molecular complexity index is 1440. The normalized spacial score (nSPS) is 18.6. The molecule has 1 aliphatic rings. The summed E-state index contributed by atoms with van der Waals surface area (Å²) in [6.07, 6.45) is -2.74. The third-order valence-electron chi connectivity index (χ3n) is 6.47. The molecule has 2 aromatic carbocycles. The lowest BCUT2D eigenvalue weighted by Gasteiger charge is -2.29. The second-order valence-corrected chi connectivity index (χ2v) is 14.3. The van der Waals surface area contributed by atoms with Crippen LogP contribution in [0.2, 0.25) is 0 Å². The first-order chi connectivity index (χ1) is 18.4. The molecule has 2 N–H and O–H groups in total. The van der Waals surface area contributed by atoms with Crippen molar-refractivity contribution in [1.82, 2.24) is 14.9 Å². The Labute approximate surface area is 232 Å². The summed E-state index contributed by atoms with van der Waals surface area (Å²) in [4.78, 5) is 25.5. The first-order valence-electron chi connectivity index (χ1n) is 12.4. The van der Waals surface area contributed by atoms with Gasteiger partial charge in [0.2, 0.25) is 15.9 Å². The zero-order valence-electron chi connectivity index (χ0n) is 22.4. The van der Waals surface area contributed by atoms with Gasteiger partial charge in [0, 0.05) is 12.8 Å². The molecule has 3 atom stereocenters. The van der Waals surface area contributed by atoms with E-state index in [4.69, 9.17) is 0 Å². The third-order valence-corrected chi connectivity index (χ3v) is 8.82. The van der Waals surface area contributed by atoms with Gasteiger partial charge in [-0.3, -0.25) is 14.9 Å². The summed E-state index contributed by atoms with van der Waals surface area (Å²) in [5.74, 6) is -1.56. The standard InChI is InChI=1S/C26H32F3N3O6S2/c1-16(2)13-21(25(34)31-22-14-32(15-23(22)33)40(4,37)38)30-24(26(27,28)29)19-7-5-17(6-8-19)18-9-11-20(12-10-18)39(3,35)36/h5-12,16,21-22,24,30H,13-15H2,1-4H3,(H,31,34)/t21-,22?,24-/m0/s1. The summed E-state index contributed by atoms with van der Waals surface area (Å²) in [6, 6.07) is 6.75. The van der Waals surface area contributed by atoms with Crippen molar-refractivity contribution in [3.8, 4) is 11.1 Å². The van der Waals surface area contributed by atoms with Crippen molar-refractivity contribution in [3.05, 3.63) is 54.1 Å². The van der Waals surface area contributed by atoms with E-state index in [9.17, 15) is 39.6 Å². The Morgan fingerprint density at radius 3 is 1.93 bits per heavy atom. The number of amides is 1. The predicted octanol–water partition coefficient (Wildman–Crippen LogP) is 2.69. The molecule has 0 aliphatic carbocycles. The molecule has 220 valence electrons. The van der Waals surface area contributed by atoms with Crippen LogP contribution in [0.3, 0.4) is 0 Å².